The monoisotopic (exact) mass is 233 g/mol. The summed E-state index contributed by atoms with van der Waals surface area (Å²) in [6, 6.07) is 7.92. The van der Waals surface area contributed by atoms with Crippen LogP contribution < -0.4 is 5.32 Å². The van der Waals surface area contributed by atoms with Crippen LogP contribution in [-0.4, -0.2) is 27.7 Å². The zero-order valence-electron chi connectivity index (χ0n) is 10.3. The van der Waals surface area contributed by atoms with Crippen molar-refractivity contribution in [1.29, 1.82) is 0 Å². The Morgan fingerprint density at radius 3 is 2.82 bits per heavy atom. The number of aliphatic hydroxyl groups is 1. The number of imidazole rings is 1. The third kappa shape index (κ3) is 2.97. The zero-order chi connectivity index (χ0) is 12.3. The summed E-state index contributed by atoms with van der Waals surface area (Å²) in [4.78, 5) is 7.60. The van der Waals surface area contributed by atoms with E-state index in [4.69, 9.17) is 0 Å². The number of para-hydroxylation sites is 2. The number of aromatic amines is 1. The number of nitrogens with one attached hydrogen (secondary N) is 2. The topological polar surface area (TPSA) is 60.9 Å². The van der Waals surface area contributed by atoms with E-state index < -0.39 is 0 Å². The molecule has 1 heterocycles. The number of H-pyrrole nitrogens is 1. The van der Waals surface area contributed by atoms with Gasteiger partial charge in [0.05, 0.1) is 17.1 Å². The molecular formula is C13H19N3O. The van der Waals surface area contributed by atoms with Gasteiger partial charge in [-0.2, -0.15) is 0 Å². The molecule has 0 aliphatic heterocycles. The van der Waals surface area contributed by atoms with Gasteiger partial charge in [0.15, 0.2) is 0 Å². The molecule has 0 saturated carbocycles. The van der Waals surface area contributed by atoms with Crippen molar-refractivity contribution in [2.75, 3.05) is 11.9 Å². The fourth-order valence-corrected chi connectivity index (χ4v) is 1.71. The summed E-state index contributed by atoms with van der Waals surface area (Å²) < 4.78 is 0. The Labute approximate surface area is 101 Å². The van der Waals surface area contributed by atoms with Gasteiger partial charge in [-0.1, -0.05) is 26.0 Å². The van der Waals surface area contributed by atoms with Crippen LogP contribution in [-0.2, 0) is 0 Å². The maximum absolute atomic E-state index is 9.67. The second-order valence-electron chi connectivity index (χ2n) is 4.63. The summed E-state index contributed by atoms with van der Waals surface area (Å²) in [5.41, 5.74) is 1.99. The molecule has 1 aromatic heterocycles. The minimum absolute atomic E-state index is 0.258. The first-order chi connectivity index (χ1) is 8.16. The first kappa shape index (κ1) is 11.9. The molecule has 0 saturated heterocycles. The lowest BCUT2D eigenvalue weighted by molar-refractivity contribution is 0.120. The Morgan fingerprint density at radius 1 is 1.35 bits per heavy atom. The van der Waals surface area contributed by atoms with E-state index in [2.05, 4.69) is 15.3 Å². The van der Waals surface area contributed by atoms with E-state index in [1.807, 2.05) is 38.1 Å². The van der Waals surface area contributed by atoms with Crippen LogP contribution in [0, 0.1) is 5.92 Å². The summed E-state index contributed by atoms with van der Waals surface area (Å²) in [5.74, 6) is 1.06. The first-order valence-corrected chi connectivity index (χ1v) is 6.03. The number of nitrogens with zero attached hydrogens (tertiary/aromatic N) is 1. The molecule has 92 valence electrons. The number of aromatic nitrogens is 2. The van der Waals surface area contributed by atoms with Crippen LogP contribution >= 0.6 is 0 Å². The third-order valence-corrected chi connectivity index (χ3v) is 2.89. The fraction of sp³-hybridized carbons (Fsp3) is 0.462. The van der Waals surface area contributed by atoms with Gasteiger partial charge in [-0.05, 0) is 24.5 Å². The molecule has 0 radical (unpaired) electrons. The number of fused-ring (bicyclic) bond motifs is 1. The number of anilines is 1. The smallest absolute Gasteiger partial charge is 0.201 e. The third-order valence-electron chi connectivity index (χ3n) is 2.89. The lowest BCUT2D eigenvalue weighted by atomic mass is 10.0. The molecule has 0 spiro atoms. The Hall–Kier alpha value is -1.55. The molecule has 3 N–H and O–H groups in total. The van der Waals surface area contributed by atoms with Crippen LogP contribution in [0.3, 0.4) is 0 Å². The molecule has 4 heteroatoms. The van der Waals surface area contributed by atoms with Crippen LogP contribution in [0.5, 0.6) is 0 Å². The van der Waals surface area contributed by atoms with E-state index in [1.165, 1.54) is 0 Å². The van der Waals surface area contributed by atoms with Crippen LogP contribution in [0.2, 0.25) is 0 Å². The fourth-order valence-electron chi connectivity index (χ4n) is 1.71. The molecule has 0 aliphatic rings. The van der Waals surface area contributed by atoms with Gasteiger partial charge in [0, 0.05) is 6.54 Å². The molecule has 17 heavy (non-hydrogen) atoms. The van der Waals surface area contributed by atoms with Crippen LogP contribution in [0.15, 0.2) is 24.3 Å². The van der Waals surface area contributed by atoms with Crippen molar-refractivity contribution in [3.8, 4) is 0 Å². The maximum Gasteiger partial charge on any atom is 0.201 e. The molecule has 4 nitrogen and oxygen atoms in total. The van der Waals surface area contributed by atoms with Gasteiger partial charge < -0.3 is 15.4 Å². The SMILES string of the molecule is CC(C)[C@@H](O)CCNc1nc2ccccc2[nH]1. The molecule has 0 bridgehead atoms. The van der Waals surface area contributed by atoms with Crippen molar-refractivity contribution in [3.63, 3.8) is 0 Å². The van der Waals surface area contributed by atoms with E-state index in [-0.39, 0.29) is 6.10 Å². The van der Waals surface area contributed by atoms with Crippen molar-refractivity contribution in [3.05, 3.63) is 24.3 Å². The van der Waals surface area contributed by atoms with Gasteiger partial charge in [-0.25, -0.2) is 4.98 Å². The normalized spacial score (nSPS) is 13.2. The predicted molar refractivity (Wildman–Crippen MR) is 70.0 cm³/mol. The quantitative estimate of drug-likeness (QED) is 0.743. The Morgan fingerprint density at radius 2 is 2.12 bits per heavy atom. The van der Waals surface area contributed by atoms with Crippen molar-refractivity contribution >= 4 is 17.0 Å². The number of hydrogen-bond acceptors (Lipinski definition) is 3. The Balaban J connectivity index is 1.91. The summed E-state index contributed by atoms with van der Waals surface area (Å²) >= 11 is 0. The van der Waals surface area contributed by atoms with Crippen molar-refractivity contribution in [2.24, 2.45) is 5.92 Å². The first-order valence-electron chi connectivity index (χ1n) is 6.03. The molecule has 0 fully saturated rings. The number of hydrogen-bond donors (Lipinski definition) is 3. The molecule has 0 unspecified atom stereocenters. The second kappa shape index (κ2) is 5.19. The predicted octanol–water partition coefficient (Wildman–Crippen LogP) is 2.38. The van der Waals surface area contributed by atoms with E-state index in [1.54, 1.807) is 0 Å². The molecule has 0 aliphatic carbocycles. The van der Waals surface area contributed by atoms with Gasteiger partial charge in [0.2, 0.25) is 5.95 Å². The standard InChI is InChI=1S/C13H19N3O/c1-9(2)12(17)7-8-14-13-15-10-5-3-4-6-11(10)16-13/h3-6,9,12,17H,7-8H2,1-2H3,(H2,14,15,16)/t12-/m0/s1. The summed E-state index contributed by atoms with van der Waals surface area (Å²) in [6.07, 6.45) is 0.473. The number of benzene rings is 1. The minimum atomic E-state index is -0.258. The van der Waals surface area contributed by atoms with Gasteiger partial charge in [-0.3, -0.25) is 0 Å². The largest absolute Gasteiger partial charge is 0.393 e. The van der Waals surface area contributed by atoms with E-state index >= 15 is 0 Å². The zero-order valence-corrected chi connectivity index (χ0v) is 10.3. The van der Waals surface area contributed by atoms with Crippen molar-refractivity contribution < 1.29 is 5.11 Å². The summed E-state index contributed by atoms with van der Waals surface area (Å²) in [6.45, 7) is 4.76. The van der Waals surface area contributed by atoms with E-state index in [0.29, 0.717) is 5.92 Å². The Kier molecular flexibility index (Phi) is 3.64. The Bertz CT molecular complexity index is 445. The van der Waals surface area contributed by atoms with Gasteiger partial charge in [0.25, 0.3) is 0 Å². The highest BCUT2D eigenvalue weighted by Crippen LogP contribution is 2.13. The summed E-state index contributed by atoms with van der Waals surface area (Å²) in [7, 11) is 0. The van der Waals surface area contributed by atoms with Crippen molar-refractivity contribution in [1.82, 2.24) is 9.97 Å². The van der Waals surface area contributed by atoms with E-state index in [9.17, 15) is 5.11 Å². The average molecular weight is 233 g/mol. The van der Waals surface area contributed by atoms with Crippen LogP contribution in [0.4, 0.5) is 5.95 Å². The molecule has 2 rings (SSSR count). The second-order valence-corrected chi connectivity index (χ2v) is 4.63. The van der Waals surface area contributed by atoms with Gasteiger partial charge in [0.1, 0.15) is 0 Å². The van der Waals surface area contributed by atoms with Gasteiger partial charge >= 0.3 is 0 Å². The van der Waals surface area contributed by atoms with E-state index in [0.717, 1.165) is 29.9 Å². The molecular weight excluding hydrogens is 214 g/mol. The average Bonchev–Trinajstić information content (AvgIpc) is 2.71. The highest BCUT2D eigenvalue weighted by molar-refractivity contribution is 5.77. The lowest BCUT2D eigenvalue weighted by Crippen LogP contribution is -2.19. The maximum atomic E-state index is 9.67. The summed E-state index contributed by atoms with van der Waals surface area (Å²) in [5, 5.41) is 12.9. The lowest BCUT2D eigenvalue weighted by Gasteiger charge is -2.13. The molecule has 1 aromatic carbocycles. The molecule has 0 amide bonds. The number of rotatable bonds is 5. The molecule has 2 aromatic rings. The van der Waals surface area contributed by atoms with Crippen molar-refractivity contribution in [2.45, 2.75) is 26.4 Å². The molecule has 1 atom stereocenters. The number of aliphatic hydroxyl groups excluding tert-OH is 1. The highest BCUT2D eigenvalue weighted by atomic mass is 16.3. The minimum Gasteiger partial charge on any atom is -0.393 e. The van der Waals surface area contributed by atoms with Gasteiger partial charge in [-0.15, -0.1) is 0 Å². The van der Waals surface area contributed by atoms with Crippen LogP contribution in [0.25, 0.3) is 11.0 Å². The van der Waals surface area contributed by atoms with Crippen LogP contribution in [0.1, 0.15) is 20.3 Å². The highest BCUT2D eigenvalue weighted by Gasteiger charge is 2.08.